The van der Waals surface area contributed by atoms with Crippen LogP contribution in [0, 0.1) is 6.92 Å². The number of H-pyrrole nitrogens is 1. The third-order valence-corrected chi connectivity index (χ3v) is 5.50. The molecule has 0 aliphatic carbocycles. The molecule has 170 valence electrons. The molecule has 0 aliphatic heterocycles. The van der Waals surface area contributed by atoms with Crippen molar-refractivity contribution in [3.63, 3.8) is 0 Å². The van der Waals surface area contributed by atoms with Crippen LogP contribution in [0.15, 0.2) is 60.8 Å². The highest BCUT2D eigenvalue weighted by Crippen LogP contribution is 2.27. The first-order valence-corrected chi connectivity index (χ1v) is 11.1. The molecule has 0 aliphatic rings. The minimum absolute atomic E-state index is 0.202. The van der Waals surface area contributed by atoms with E-state index >= 15 is 0 Å². The molecule has 0 saturated carbocycles. The first kappa shape index (κ1) is 22.3. The fourth-order valence-corrected chi connectivity index (χ4v) is 3.90. The highest BCUT2D eigenvalue weighted by atomic mass is 16.5. The predicted octanol–water partition coefficient (Wildman–Crippen LogP) is 4.44. The number of para-hydroxylation sites is 2. The predicted molar refractivity (Wildman–Crippen MR) is 131 cm³/mol. The molecule has 2 aromatic heterocycles. The van der Waals surface area contributed by atoms with E-state index in [2.05, 4.69) is 26.3 Å². The van der Waals surface area contributed by atoms with E-state index in [9.17, 15) is 4.79 Å². The van der Waals surface area contributed by atoms with Crippen molar-refractivity contribution in [2.24, 2.45) is 0 Å². The number of rotatable bonds is 8. The Labute approximate surface area is 193 Å². The van der Waals surface area contributed by atoms with Crippen molar-refractivity contribution in [2.45, 2.75) is 26.3 Å². The van der Waals surface area contributed by atoms with Gasteiger partial charge in [0.25, 0.3) is 5.91 Å². The van der Waals surface area contributed by atoms with Gasteiger partial charge in [-0.05, 0) is 37.6 Å². The van der Waals surface area contributed by atoms with E-state index in [1.165, 1.54) is 0 Å². The second kappa shape index (κ2) is 9.73. The SMILES string of the molecule is CCOc1ccccc1C(=O)N[C@@H](Cc1c[nH]c2ccccc12)c1cc(N(C)C)nc(C)n1. The molecule has 2 aromatic carbocycles. The summed E-state index contributed by atoms with van der Waals surface area (Å²) in [6.07, 6.45) is 2.58. The molecule has 1 amide bonds. The fraction of sp³-hybridized carbons (Fsp3) is 0.269. The number of amides is 1. The first-order chi connectivity index (χ1) is 16.0. The Morgan fingerprint density at radius 2 is 1.88 bits per heavy atom. The van der Waals surface area contributed by atoms with E-state index in [-0.39, 0.29) is 11.9 Å². The molecule has 2 heterocycles. The summed E-state index contributed by atoms with van der Waals surface area (Å²) in [5.74, 6) is 1.82. The smallest absolute Gasteiger partial charge is 0.255 e. The summed E-state index contributed by atoms with van der Waals surface area (Å²) in [4.78, 5) is 27.8. The number of aromatic nitrogens is 3. The van der Waals surface area contributed by atoms with Crippen molar-refractivity contribution in [2.75, 3.05) is 25.6 Å². The number of fused-ring (bicyclic) bond motifs is 1. The van der Waals surface area contributed by atoms with E-state index in [1.807, 2.05) is 81.5 Å². The third kappa shape index (κ3) is 4.98. The number of hydrogen-bond donors (Lipinski definition) is 2. The second-order valence-corrected chi connectivity index (χ2v) is 8.11. The van der Waals surface area contributed by atoms with Crippen LogP contribution in [0.2, 0.25) is 0 Å². The maximum atomic E-state index is 13.4. The Bertz CT molecular complexity index is 1260. The van der Waals surface area contributed by atoms with Gasteiger partial charge in [-0.15, -0.1) is 0 Å². The van der Waals surface area contributed by atoms with E-state index in [0.29, 0.717) is 30.2 Å². The number of ether oxygens (including phenoxy) is 1. The van der Waals surface area contributed by atoms with Crippen molar-refractivity contribution < 1.29 is 9.53 Å². The van der Waals surface area contributed by atoms with Crippen LogP contribution in [-0.4, -0.2) is 41.6 Å². The van der Waals surface area contributed by atoms with Gasteiger partial charge in [0.1, 0.15) is 17.4 Å². The summed E-state index contributed by atoms with van der Waals surface area (Å²) in [6.45, 7) is 4.26. The molecule has 7 heteroatoms. The number of benzene rings is 2. The Balaban J connectivity index is 1.72. The van der Waals surface area contributed by atoms with Gasteiger partial charge in [-0.25, -0.2) is 9.97 Å². The Morgan fingerprint density at radius 1 is 1.12 bits per heavy atom. The van der Waals surface area contributed by atoms with Crippen molar-refractivity contribution in [3.8, 4) is 5.75 Å². The zero-order valence-corrected chi connectivity index (χ0v) is 19.4. The fourth-order valence-electron chi connectivity index (χ4n) is 3.90. The largest absolute Gasteiger partial charge is 0.493 e. The minimum atomic E-state index is -0.355. The molecular formula is C26H29N5O2. The molecule has 0 bridgehead atoms. The summed E-state index contributed by atoms with van der Waals surface area (Å²) in [6, 6.07) is 17.0. The summed E-state index contributed by atoms with van der Waals surface area (Å²) in [7, 11) is 3.88. The van der Waals surface area contributed by atoms with E-state index in [0.717, 1.165) is 28.0 Å². The van der Waals surface area contributed by atoms with Crippen LogP contribution >= 0.6 is 0 Å². The van der Waals surface area contributed by atoms with E-state index in [1.54, 1.807) is 6.07 Å². The highest BCUT2D eigenvalue weighted by Gasteiger charge is 2.22. The van der Waals surface area contributed by atoms with Gasteiger partial charge < -0.3 is 19.9 Å². The van der Waals surface area contributed by atoms with Crippen LogP contribution in [0.4, 0.5) is 5.82 Å². The zero-order valence-electron chi connectivity index (χ0n) is 19.4. The standard InChI is InChI=1S/C26H29N5O2/c1-5-33-24-13-9-7-11-20(24)26(32)30-22(23-15-25(31(3)4)29-17(2)28-23)14-18-16-27-21-12-8-6-10-19(18)21/h6-13,15-16,22,27H,5,14H2,1-4H3,(H,30,32)/t22-/m0/s1. The van der Waals surface area contributed by atoms with E-state index in [4.69, 9.17) is 4.74 Å². The molecule has 33 heavy (non-hydrogen) atoms. The number of aromatic amines is 1. The number of carbonyl (C=O) groups is 1. The summed E-state index contributed by atoms with van der Waals surface area (Å²) < 4.78 is 5.68. The van der Waals surface area contributed by atoms with Crippen molar-refractivity contribution >= 4 is 22.6 Å². The molecule has 4 rings (SSSR count). The normalized spacial score (nSPS) is 11.9. The Hall–Kier alpha value is -3.87. The van der Waals surface area contributed by atoms with Crippen LogP contribution in [-0.2, 0) is 6.42 Å². The van der Waals surface area contributed by atoms with Crippen molar-refractivity contribution in [3.05, 3.63) is 83.4 Å². The number of hydrogen-bond acceptors (Lipinski definition) is 5. The lowest BCUT2D eigenvalue weighted by Gasteiger charge is -2.21. The van der Waals surface area contributed by atoms with Crippen LogP contribution in [0.25, 0.3) is 10.9 Å². The number of nitrogens with one attached hydrogen (secondary N) is 2. The Morgan fingerprint density at radius 3 is 2.67 bits per heavy atom. The molecule has 4 aromatic rings. The maximum absolute atomic E-state index is 13.4. The zero-order chi connectivity index (χ0) is 23.4. The van der Waals surface area contributed by atoms with Gasteiger partial charge in [0, 0.05) is 43.7 Å². The van der Waals surface area contributed by atoms with Gasteiger partial charge in [0.2, 0.25) is 0 Å². The molecule has 2 N–H and O–H groups in total. The monoisotopic (exact) mass is 443 g/mol. The average molecular weight is 444 g/mol. The minimum Gasteiger partial charge on any atom is -0.493 e. The molecule has 0 radical (unpaired) electrons. The van der Waals surface area contributed by atoms with Gasteiger partial charge in [-0.3, -0.25) is 4.79 Å². The van der Waals surface area contributed by atoms with E-state index < -0.39 is 0 Å². The van der Waals surface area contributed by atoms with Gasteiger partial charge >= 0.3 is 0 Å². The molecule has 0 fully saturated rings. The highest BCUT2D eigenvalue weighted by molar-refractivity contribution is 5.97. The van der Waals surface area contributed by atoms with Crippen LogP contribution in [0.3, 0.4) is 0 Å². The maximum Gasteiger partial charge on any atom is 0.255 e. The van der Waals surface area contributed by atoms with Crippen LogP contribution < -0.4 is 15.0 Å². The van der Waals surface area contributed by atoms with Gasteiger partial charge in [0.05, 0.1) is 23.9 Å². The lowest BCUT2D eigenvalue weighted by molar-refractivity contribution is 0.0931. The number of carbonyl (C=O) groups excluding carboxylic acids is 1. The van der Waals surface area contributed by atoms with Gasteiger partial charge in [-0.2, -0.15) is 0 Å². The molecule has 0 saturated heterocycles. The van der Waals surface area contributed by atoms with Crippen LogP contribution in [0.5, 0.6) is 5.75 Å². The number of nitrogens with zero attached hydrogens (tertiary/aromatic N) is 3. The Kier molecular flexibility index (Phi) is 6.58. The number of aryl methyl sites for hydroxylation is 1. The lowest BCUT2D eigenvalue weighted by atomic mass is 10.0. The molecule has 0 unspecified atom stereocenters. The number of anilines is 1. The van der Waals surface area contributed by atoms with Gasteiger partial charge in [-0.1, -0.05) is 30.3 Å². The molecule has 0 spiro atoms. The lowest BCUT2D eigenvalue weighted by Crippen LogP contribution is -2.31. The summed E-state index contributed by atoms with van der Waals surface area (Å²) in [5.41, 5.74) is 3.43. The topological polar surface area (TPSA) is 83.1 Å². The third-order valence-electron chi connectivity index (χ3n) is 5.50. The molecule has 7 nitrogen and oxygen atoms in total. The summed E-state index contributed by atoms with van der Waals surface area (Å²) >= 11 is 0. The average Bonchev–Trinajstić information content (AvgIpc) is 3.21. The molecule has 1 atom stereocenters. The van der Waals surface area contributed by atoms with Gasteiger partial charge in [0.15, 0.2) is 0 Å². The quantitative estimate of drug-likeness (QED) is 0.421. The van der Waals surface area contributed by atoms with Crippen molar-refractivity contribution in [1.29, 1.82) is 0 Å². The van der Waals surface area contributed by atoms with Crippen molar-refractivity contribution in [1.82, 2.24) is 20.3 Å². The van der Waals surface area contributed by atoms with Crippen LogP contribution in [0.1, 0.15) is 40.4 Å². The molecular weight excluding hydrogens is 414 g/mol. The summed E-state index contributed by atoms with van der Waals surface area (Å²) in [5, 5.41) is 4.33. The first-order valence-electron chi connectivity index (χ1n) is 11.1. The second-order valence-electron chi connectivity index (χ2n) is 8.11.